The molecule has 3 nitrogen and oxygen atoms in total. The van der Waals surface area contributed by atoms with E-state index < -0.39 is 0 Å². The van der Waals surface area contributed by atoms with Gasteiger partial charge in [-0.3, -0.25) is 0 Å². The molecule has 0 saturated heterocycles. The first-order valence-electron chi connectivity index (χ1n) is 10.1. The first-order valence-corrected chi connectivity index (χ1v) is 10.1. The number of rotatable bonds is 2. The molecule has 156 valence electrons. The molecule has 0 aliphatic rings. The predicted octanol–water partition coefficient (Wildman–Crippen LogP) is 7.00. The predicted molar refractivity (Wildman–Crippen MR) is 125 cm³/mol. The van der Waals surface area contributed by atoms with Crippen molar-refractivity contribution < 1.29 is 15.3 Å². The Kier molecular flexibility index (Phi) is 7.88. The normalized spacial score (nSPS) is 10.4. The van der Waals surface area contributed by atoms with Crippen LogP contribution in [0.25, 0.3) is 10.8 Å². The third-order valence-corrected chi connectivity index (χ3v) is 4.89. The van der Waals surface area contributed by atoms with Crippen LogP contribution in [0, 0.1) is 0 Å². The zero-order valence-corrected chi connectivity index (χ0v) is 18.0. The third-order valence-electron chi connectivity index (χ3n) is 4.89. The maximum absolute atomic E-state index is 9.29. The largest absolute Gasteiger partial charge is 0.508 e. The van der Waals surface area contributed by atoms with Gasteiger partial charge in [-0.05, 0) is 58.3 Å². The highest BCUT2D eigenvalue weighted by Crippen LogP contribution is 2.31. The Morgan fingerprint density at radius 3 is 1.43 bits per heavy atom. The van der Waals surface area contributed by atoms with Crippen molar-refractivity contribution in [2.24, 2.45) is 0 Å². The zero-order chi connectivity index (χ0) is 22.1. The summed E-state index contributed by atoms with van der Waals surface area (Å²) in [5, 5.41) is 29.4. The van der Waals surface area contributed by atoms with Gasteiger partial charge < -0.3 is 15.3 Å². The van der Waals surface area contributed by atoms with Crippen LogP contribution in [0.5, 0.6) is 17.2 Å². The Hall–Kier alpha value is -3.46. The molecule has 0 spiro atoms. The summed E-state index contributed by atoms with van der Waals surface area (Å²) in [7, 11) is 0. The van der Waals surface area contributed by atoms with Crippen molar-refractivity contribution in [3.8, 4) is 17.2 Å². The van der Waals surface area contributed by atoms with E-state index in [2.05, 4.69) is 38.1 Å². The van der Waals surface area contributed by atoms with Gasteiger partial charge >= 0.3 is 0 Å². The van der Waals surface area contributed by atoms with Crippen LogP contribution < -0.4 is 0 Å². The van der Waals surface area contributed by atoms with Gasteiger partial charge in [0, 0.05) is 5.41 Å². The van der Waals surface area contributed by atoms with Gasteiger partial charge in [-0.1, -0.05) is 82.3 Å². The van der Waals surface area contributed by atoms with Gasteiger partial charge in [0.05, 0.1) is 0 Å². The maximum atomic E-state index is 9.29. The number of hydrogen-bond donors (Lipinski definition) is 3. The molecule has 4 rings (SSSR count). The van der Waals surface area contributed by atoms with E-state index in [4.69, 9.17) is 10.2 Å². The van der Waals surface area contributed by atoms with Gasteiger partial charge in [-0.2, -0.15) is 0 Å². The molecule has 0 aliphatic carbocycles. The SMILES string of the molecule is CC.CC(C)(c1ccccc1)c1ccc(O)cc1.Oc1ccc2ccc(O)cc2c1. The van der Waals surface area contributed by atoms with E-state index in [9.17, 15) is 5.11 Å². The number of aromatic hydroxyl groups is 3. The second kappa shape index (κ2) is 10.4. The van der Waals surface area contributed by atoms with Crippen molar-refractivity contribution in [1.82, 2.24) is 0 Å². The molecule has 0 amide bonds. The zero-order valence-electron chi connectivity index (χ0n) is 18.0. The molecule has 0 aromatic heterocycles. The van der Waals surface area contributed by atoms with Crippen LogP contribution in [-0.2, 0) is 5.41 Å². The summed E-state index contributed by atoms with van der Waals surface area (Å²) in [6, 6.07) is 27.9. The highest BCUT2D eigenvalue weighted by molar-refractivity contribution is 5.85. The summed E-state index contributed by atoms with van der Waals surface area (Å²) < 4.78 is 0. The Bertz CT molecular complexity index is 1020. The number of hydrogen-bond acceptors (Lipinski definition) is 3. The number of fused-ring (bicyclic) bond motifs is 1. The molecule has 0 unspecified atom stereocenters. The average molecular weight is 403 g/mol. The maximum Gasteiger partial charge on any atom is 0.116 e. The van der Waals surface area contributed by atoms with Gasteiger partial charge in [-0.15, -0.1) is 0 Å². The number of phenolic OH excluding ortho intramolecular Hbond substituents is 3. The van der Waals surface area contributed by atoms with E-state index in [1.54, 1.807) is 36.4 Å². The minimum atomic E-state index is -0.0328. The van der Waals surface area contributed by atoms with Crippen LogP contribution in [-0.4, -0.2) is 15.3 Å². The van der Waals surface area contributed by atoms with E-state index in [-0.39, 0.29) is 16.9 Å². The molecule has 0 saturated carbocycles. The first kappa shape index (κ1) is 22.8. The first-order chi connectivity index (χ1) is 14.4. The molecule has 0 bridgehead atoms. The number of phenols is 3. The Morgan fingerprint density at radius 2 is 0.933 bits per heavy atom. The molecule has 0 fully saturated rings. The van der Waals surface area contributed by atoms with E-state index in [1.807, 2.05) is 44.2 Å². The summed E-state index contributed by atoms with van der Waals surface area (Å²) in [6.07, 6.45) is 0. The van der Waals surface area contributed by atoms with E-state index in [1.165, 1.54) is 11.1 Å². The molecular weight excluding hydrogens is 372 g/mol. The lowest BCUT2D eigenvalue weighted by atomic mass is 9.78. The van der Waals surface area contributed by atoms with Crippen molar-refractivity contribution in [2.75, 3.05) is 0 Å². The second-order valence-electron chi connectivity index (χ2n) is 7.25. The van der Waals surface area contributed by atoms with Crippen LogP contribution >= 0.6 is 0 Å². The molecule has 0 atom stereocenters. The van der Waals surface area contributed by atoms with E-state index in [0.717, 1.165) is 10.8 Å². The lowest BCUT2D eigenvalue weighted by molar-refractivity contribution is 0.473. The standard InChI is InChI=1S/C15H16O.C10H8O2.C2H6/c1-15(2,12-6-4-3-5-7-12)13-8-10-14(16)11-9-13;11-9-3-1-7-2-4-10(12)6-8(7)5-9;1-2/h3-11,16H,1-2H3;1-6,11-12H;1-2H3. The average Bonchev–Trinajstić information content (AvgIpc) is 2.76. The topological polar surface area (TPSA) is 60.7 Å². The monoisotopic (exact) mass is 402 g/mol. The van der Waals surface area contributed by atoms with Crippen molar-refractivity contribution >= 4 is 10.8 Å². The van der Waals surface area contributed by atoms with Crippen molar-refractivity contribution in [3.05, 3.63) is 102 Å². The number of benzene rings is 4. The quantitative estimate of drug-likeness (QED) is 0.338. The van der Waals surface area contributed by atoms with Crippen molar-refractivity contribution in [1.29, 1.82) is 0 Å². The summed E-state index contributed by atoms with van der Waals surface area (Å²) in [5.74, 6) is 0.744. The fourth-order valence-corrected chi connectivity index (χ4v) is 3.12. The summed E-state index contributed by atoms with van der Waals surface area (Å²) in [5.41, 5.74) is 2.45. The molecule has 0 heterocycles. The molecule has 4 aromatic carbocycles. The highest BCUT2D eigenvalue weighted by Gasteiger charge is 2.22. The van der Waals surface area contributed by atoms with E-state index in [0.29, 0.717) is 5.75 Å². The highest BCUT2D eigenvalue weighted by atomic mass is 16.3. The van der Waals surface area contributed by atoms with Crippen LogP contribution in [0.4, 0.5) is 0 Å². The molecule has 3 N–H and O–H groups in total. The van der Waals surface area contributed by atoms with Crippen LogP contribution in [0.2, 0.25) is 0 Å². The third kappa shape index (κ3) is 5.77. The molecule has 30 heavy (non-hydrogen) atoms. The molecule has 0 radical (unpaired) electrons. The van der Waals surface area contributed by atoms with Crippen molar-refractivity contribution in [2.45, 2.75) is 33.1 Å². The second-order valence-corrected chi connectivity index (χ2v) is 7.25. The van der Waals surface area contributed by atoms with Gasteiger partial charge in [0.1, 0.15) is 17.2 Å². The Morgan fingerprint density at radius 1 is 0.500 bits per heavy atom. The van der Waals surface area contributed by atoms with Crippen molar-refractivity contribution in [3.63, 3.8) is 0 Å². The summed E-state index contributed by atoms with van der Waals surface area (Å²) in [6.45, 7) is 8.38. The smallest absolute Gasteiger partial charge is 0.116 e. The van der Waals surface area contributed by atoms with Crippen LogP contribution in [0.1, 0.15) is 38.8 Å². The summed E-state index contributed by atoms with van der Waals surface area (Å²) >= 11 is 0. The fourth-order valence-electron chi connectivity index (χ4n) is 3.12. The van der Waals surface area contributed by atoms with Gasteiger partial charge in [0.15, 0.2) is 0 Å². The molecule has 3 heteroatoms. The lowest BCUT2D eigenvalue weighted by Crippen LogP contribution is -2.18. The van der Waals surface area contributed by atoms with Crippen LogP contribution in [0.3, 0.4) is 0 Å². The summed E-state index contributed by atoms with van der Waals surface area (Å²) in [4.78, 5) is 0. The van der Waals surface area contributed by atoms with Gasteiger partial charge in [0.25, 0.3) is 0 Å². The van der Waals surface area contributed by atoms with Gasteiger partial charge in [0.2, 0.25) is 0 Å². The fraction of sp³-hybridized carbons (Fsp3) is 0.185. The minimum absolute atomic E-state index is 0.0328. The minimum Gasteiger partial charge on any atom is -0.508 e. The Balaban J connectivity index is 0.000000204. The van der Waals surface area contributed by atoms with E-state index >= 15 is 0 Å². The molecular formula is C27H30O3. The Labute approximate surface area is 178 Å². The molecule has 0 aliphatic heterocycles. The van der Waals surface area contributed by atoms with Crippen LogP contribution in [0.15, 0.2) is 91.0 Å². The van der Waals surface area contributed by atoms with Gasteiger partial charge in [-0.25, -0.2) is 0 Å². The molecule has 4 aromatic rings. The lowest BCUT2D eigenvalue weighted by Gasteiger charge is -2.26.